The Hall–Kier alpha value is -1.91. The number of fused-ring (bicyclic) bond motifs is 1. The molecule has 0 radical (unpaired) electrons. The van der Waals surface area contributed by atoms with Crippen LogP contribution in [0.2, 0.25) is 0 Å². The number of benzene rings is 1. The van der Waals surface area contributed by atoms with E-state index in [4.69, 9.17) is 10.5 Å². The highest BCUT2D eigenvalue weighted by atomic mass is 16.5. The van der Waals surface area contributed by atoms with E-state index in [1.165, 1.54) is 0 Å². The van der Waals surface area contributed by atoms with Crippen LogP contribution in [-0.4, -0.2) is 25.6 Å². The number of hydrogen-bond acceptors (Lipinski definition) is 4. The standard InChI is InChI=1S/C12H17N3O2/c1-7(2)15(3)10-5-9-11(4-8(10)13)17-6-12(16)14-9/h4-5,7H,6,13H2,1-3H3,(H,14,16). The molecule has 17 heavy (non-hydrogen) atoms. The van der Waals surface area contributed by atoms with Crippen molar-refractivity contribution in [2.75, 3.05) is 29.6 Å². The van der Waals surface area contributed by atoms with Crippen LogP contribution in [0, 0.1) is 0 Å². The minimum Gasteiger partial charge on any atom is -0.482 e. The molecule has 3 N–H and O–H groups in total. The summed E-state index contributed by atoms with van der Waals surface area (Å²) in [6, 6.07) is 3.93. The Morgan fingerprint density at radius 3 is 2.82 bits per heavy atom. The molecule has 0 unspecified atom stereocenters. The molecule has 1 aliphatic heterocycles. The fourth-order valence-electron chi connectivity index (χ4n) is 1.71. The van der Waals surface area contributed by atoms with E-state index in [-0.39, 0.29) is 12.5 Å². The fourth-order valence-corrected chi connectivity index (χ4v) is 1.71. The number of hydrogen-bond donors (Lipinski definition) is 2. The molecule has 92 valence electrons. The summed E-state index contributed by atoms with van der Waals surface area (Å²) in [5.74, 6) is 0.489. The maximum absolute atomic E-state index is 11.2. The first-order valence-corrected chi connectivity index (χ1v) is 5.58. The molecule has 5 nitrogen and oxygen atoms in total. The zero-order chi connectivity index (χ0) is 12.6. The molecule has 0 aromatic heterocycles. The Morgan fingerprint density at radius 1 is 1.47 bits per heavy atom. The SMILES string of the molecule is CC(C)N(C)c1cc2c(cc1N)OCC(=O)N2. The lowest BCUT2D eigenvalue weighted by Gasteiger charge is -2.27. The number of nitrogens with one attached hydrogen (secondary N) is 1. The van der Waals surface area contributed by atoms with E-state index >= 15 is 0 Å². The van der Waals surface area contributed by atoms with Crippen molar-refractivity contribution in [3.63, 3.8) is 0 Å². The fraction of sp³-hybridized carbons (Fsp3) is 0.417. The van der Waals surface area contributed by atoms with Gasteiger partial charge < -0.3 is 20.7 Å². The van der Waals surface area contributed by atoms with Gasteiger partial charge in [0.15, 0.2) is 6.61 Å². The number of amides is 1. The zero-order valence-electron chi connectivity index (χ0n) is 10.3. The van der Waals surface area contributed by atoms with Gasteiger partial charge in [-0.1, -0.05) is 0 Å². The molecule has 1 aromatic carbocycles. The molecular weight excluding hydrogens is 218 g/mol. The number of carbonyl (C=O) groups is 1. The summed E-state index contributed by atoms with van der Waals surface area (Å²) in [5.41, 5.74) is 8.20. The molecule has 0 aliphatic carbocycles. The third-order valence-electron chi connectivity index (χ3n) is 2.92. The van der Waals surface area contributed by atoms with Crippen molar-refractivity contribution < 1.29 is 9.53 Å². The molecular formula is C12H17N3O2. The number of anilines is 3. The minimum absolute atomic E-state index is 0.0474. The highest BCUT2D eigenvalue weighted by molar-refractivity contribution is 5.97. The molecule has 0 fully saturated rings. The lowest BCUT2D eigenvalue weighted by Crippen LogP contribution is -2.28. The number of nitrogen functional groups attached to an aromatic ring is 1. The largest absolute Gasteiger partial charge is 0.482 e. The van der Waals surface area contributed by atoms with Gasteiger partial charge in [0.25, 0.3) is 5.91 Å². The highest BCUT2D eigenvalue weighted by Gasteiger charge is 2.19. The van der Waals surface area contributed by atoms with Crippen molar-refractivity contribution in [3.05, 3.63) is 12.1 Å². The Labute approximate surface area is 101 Å². The van der Waals surface area contributed by atoms with Crippen molar-refractivity contribution >= 4 is 23.0 Å². The second-order valence-corrected chi connectivity index (χ2v) is 4.45. The minimum atomic E-state index is -0.138. The first-order valence-electron chi connectivity index (χ1n) is 5.58. The number of ether oxygens (including phenoxy) is 1. The molecule has 2 rings (SSSR count). The number of rotatable bonds is 2. The van der Waals surface area contributed by atoms with E-state index < -0.39 is 0 Å². The normalized spacial score (nSPS) is 14.0. The van der Waals surface area contributed by atoms with Crippen LogP contribution in [0.1, 0.15) is 13.8 Å². The average Bonchev–Trinajstić information content (AvgIpc) is 2.27. The van der Waals surface area contributed by atoms with E-state index in [9.17, 15) is 4.79 Å². The maximum atomic E-state index is 11.2. The first kappa shape index (κ1) is 11.6. The van der Waals surface area contributed by atoms with Crippen LogP contribution in [0.5, 0.6) is 5.75 Å². The third-order valence-corrected chi connectivity index (χ3v) is 2.92. The van der Waals surface area contributed by atoms with Crippen molar-refractivity contribution in [2.24, 2.45) is 0 Å². The number of carbonyl (C=O) groups excluding carboxylic acids is 1. The van der Waals surface area contributed by atoms with Gasteiger partial charge in [-0.3, -0.25) is 4.79 Å². The van der Waals surface area contributed by atoms with Crippen LogP contribution in [0.3, 0.4) is 0 Å². The van der Waals surface area contributed by atoms with Crippen molar-refractivity contribution in [1.82, 2.24) is 0 Å². The molecule has 1 aromatic rings. The molecule has 0 spiro atoms. The van der Waals surface area contributed by atoms with Gasteiger partial charge in [-0.05, 0) is 19.9 Å². The third kappa shape index (κ3) is 2.13. The van der Waals surface area contributed by atoms with Gasteiger partial charge >= 0.3 is 0 Å². The summed E-state index contributed by atoms with van der Waals surface area (Å²) < 4.78 is 5.30. The van der Waals surface area contributed by atoms with Crippen LogP contribution >= 0.6 is 0 Å². The molecule has 5 heteroatoms. The van der Waals surface area contributed by atoms with Crippen LogP contribution < -0.4 is 20.7 Å². The summed E-state index contributed by atoms with van der Waals surface area (Å²) in [7, 11) is 1.97. The lowest BCUT2D eigenvalue weighted by molar-refractivity contribution is -0.118. The molecule has 0 bridgehead atoms. The summed E-state index contributed by atoms with van der Waals surface area (Å²) in [6.45, 7) is 4.20. The molecule has 1 amide bonds. The van der Waals surface area contributed by atoms with Crippen LogP contribution in [0.25, 0.3) is 0 Å². The van der Waals surface area contributed by atoms with Gasteiger partial charge in [-0.2, -0.15) is 0 Å². The monoisotopic (exact) mass is 235 g/mol. The first-order chi connectivity index (χ1) is 7.99. The summed E-state index contributed by atoms with van der Waals surface area (Å²) in [6.07, 6.45) is 0. The van der Waals surface area contributed by atoms with Crippen molar-refractivity contribution in [3.8, 4) is 5.75 Å². The van der Waals surface area contributed by atoms with Crippen molar-refractivity contribution in [2.45, 2.75) is 19.9 Å². The van der Waals surface area contributed by atoms with E-state index in [1.54, 1.807) is 6.07 Å². The van der Waals surface area contributed by atoms with Crippen LogP contribution in [0.15, 0.2) is 12.1 Å². The second kappa shape index (κ2) is 4.16. The second-order valence-electron chi connectivity index (χ2n) is 4.45. The van der Waals surface area contributed by atoms with Gasteiger partial charge in [-0.25, -0.2) is 0 Å². The van der Waals surface area contributed by atoms with Gasteiger partial charge in [-0.15, -0.1) is 0 Å². The smallest absolute Gasteiger partial charge is 0.262 e. The Balaban J connectivity index is 2.42. The lowest BCUT2D eigenvalue weighted by atomic mass is 10.1. The summed E-state index contributed by atoms with van der Waals surface area (Å²) >= 11 is 0. The predicted molar refractivity (Wildman–Crippen MR) is 68.5 cm³/mol. The van der Waals surface area contributed by atoms with Crippen LogP contribution in [0.4, 0.5) is 17.1 Å². The average molecular weight is 235 g/mol. The summed E-state index contributed by atoms with van der Waals surface area (Å²) in [5, 5.41) is 2.78. The van der Waals surface area contributed by atoms with Gasteiger partial charge in [0.1, 0.15) is 5.75 Å². The van der Waals surface area contributed by atoms with Gasteiger partial charge in [0.2, 0.25) is 0 Å². The Morgan fingerprint density at radius 2 is 2.18 bits per heavy atom. The van der Waals surface area contributed by atoms with E-state index in [1.807, 2.05) is 13.1 Å². The zero-order valence-corrected chi connectivity index (χ0v) is 10.3. The van der Waals surface area contributed by atoms with E-state index in [0.717, 1.165) is 5.69 Å². The van der Waals surface area contributed by atoms with Gasteiger partial charge in [0.05, 0.1) is 17.1 Å². The quantitative estimate of drug-likeness (QED) is 0.761. The van der Waals surface area contributed by atoms with Gasteiger partial charge in [0, 0.05) is 19.2 Å². The predicted octanol–water partition coefficient (Wildman–Crippen LogP) is 1.44. The topological polar surface area (TPSA) is 67.6 Å². The highest BCUT2D eigenvalue weighted by Crippen LogP contribution is 2.37. The van der Waals surface area contributed by atoms with E-state index in [2.05, 4.69) is 24.1 Å². The number of nitrogens with zero attached hydrogens (tertiary/aromatic N) is 1. The maximum Gasteiger partial charge on any atom is 0.262 e. The Bertz CT molecular complexity index is 457. The Kier molecular flexibility index (Phi) is 2.83. The number of nitrogens with two attached hydrogens (primary N) is 1. The van der Waals surface area contributed by atoms with E-state index in [0.29, 0.717) is 23.2 Å². The molecule has 0 saturated carbocycles. The molecule has 1 heterocycles. The molecule has 0 atom stereocenters. The molecule has 1 aliphatic rings. The summed E-state index contributed by atoms with van der Waals surface area (Å²) in [4.78, 5) is 13.3. The van der Waals surface area contributed by atoms with Crippen LogP contribution in [-0.2, 0) is 4.79 Å². The molecule has 0 saturated heterocycles. The van der Waals surface area contributed by atoms with Crippen molar-refractivity contribution in [1.29, 1.82) is 0 Å².